The molecule has 1 aromatic rings. The van der Waals surface area contributed by atoms with E-state index in [4.69, 9.17) is 17.0 Å². The number of amides is 1. The van der Waals surface area contributed by atoms with E-state index in [1.807, 2.05) is 11.0 Å². The first-order valence-corrected chi connectivity index (χ1v) is 7.29. The highest BCUT2D eigenvalue weighted by Gasteiger charge is 2.29. The summed E-state index contributed by atoms with van der Waals surface area (Å²) in [7, 11) is 0. The van der Waals surface area contributed by atoms with Gasteiger partial charge < -0.3 is 10.1 Å². The predicted molar refractivity (Wildman–Crippen MR) is 89.5 cm³/mol. The van der Waals surface area contributed by atoms with E-state index in [-0.39, 0.29) is 12.0 Å². The van der Waals surface area contributed by atoms with Gasteiger partial charge in [-0.3, -0.25) is 9.69 Å². The average molecular weight is 304 g/mol. The average Bonchev–Trinajstić information content (AvgIpc) is 2.77. The summed E-state index contributed by atoms with van der Waals surface area (Å²) in [5.41, 5.74) is 4.49. The molecule has 0 spiro atoms. The number of carbonyl (C=O) groups is 1. The molecule has 1 aliphatic rings. The molecule has 1 aromatic carbocycles. The van der Waals surface area contributed by atoms with Gasteiger partial charge in [-0.15, -0.1) is 0 Å². The van der Waals surface area contributed by atoms with Crippen LogP contribution in [0.25, 0.3) is 6.08 Å². The monoisotopic (exact) mass is 304 g/mol. The van der Waals surface area contributed by atoms with Gasteiger partial charge in [-0.25, -0.2) is 0 Å². The minimum atomic E-state index is -0.110. The summed E-state index contributed by atoms with van der Waals surface area (Å²) in [6.45, 7) is 10.6. The van der Waals surface area contributed by atoms with Crippen molar-refractivity contribution in [1.29, 1.82) is 0 Å². The van der Waals surface area contributed by atoms with E-state index in [0.717, 1.165) is 22.4 Å². The van der Waals surface area contributed by atoms with E-state index in [1.54, 1.807) is 0 Å². The van der Waals surface area contributed by atoms with Gasteiger partial charge in [0.25, 0.3) is 5.17 Å². The summed E-state index contributed by atoms with van der Waals surface area (Å²) < 4.78 is 5.64. The molecule has 1 aliphatic heterocycles. The van der Waals surface area contributed by atoms with Crippen molar-refractivity contribution in [3.05, 3.63) is 35.4 Å². The van der Waals surface area contributed by atoms with Gasteiger partial charge in [0.2, 0.25) is 5.91 Å². The Morgan fingerprint density at radius 1 is 1.52 bits per heavy atom. The number of ether oxygens (including phenoxy) is 1. The van der Waals surface area contributed by atoms with Crippen LogP contribution in [0.4, 0.5) is 5.69 Å². The molecule has 0 bridgehead atoms. The maximum atomic E-state index is 11.0. The van der Waals surface area contributed by atoms with E-state index in [2.05, 4.69) is 37.9 Å². The second-order valence-corrected chi connectivity index (χ2v) is 5.60. The quantitative estimate of drug-likeness (QED) is 0.868. The number of nitrogens with one attached hydrogen (secondary N) is 1. The third kappa shape index (κ3) is 3.42. The van der Waals surface area contributed by atoms with E-state index >= 15 is 0 Å². The Morgan fingerprint density at radius 2 is 2.14 bits per heavy atom. The summed E-state index contributed by atoms with van der Waals surface area (Å²) >= 11 is 5.30. The van der Waals surface area contributed by atoms with E-state index in [0.29, 0.717) is 18.3 Å². The van der Waals surface area contributed by atoms with Gasteiger partial charge in [0.15, 0.2) is 0 Å². The first kappa shape index (κ1) is 15.5. The highest BCUT2D eigenvalue weighted by molar-refractivity contribution is 7.80. The van der Waals surface area contributed by atoms with Crippen molar-refractivity contribution in [1.82, 2.24) is 5.32 Å². The molecular formula is C16H20N2O2S. The molecule has 1 heterocycles. The maximum Gasteiger partial charge on any atom is 0.264 e. The fraction of sp³-hybridized carbons (Fsp3) is 0.375. The standard InChI is InChI=1S/C16H20N2O2S/c1-5-15-10(2)6-13(7-11(15)3)18-9-14(20-16(18)21)8-17-12(4)19/h5-7,14H,1,8-9H2,2-4H3,(H,17,19)/t14-/m0/s1. The number of thiocarbonyl (C=S) groups is 1. The summed E-state index contributed by atoms with van der Waals surface area (Å²) in [6.07, 6.45) is 1.76. The minimum absolute atomic E-state index is 0.0648. The Bertz CT molecular complexity index is 575. The molecule has 0 saturated carbocycles. The molecule has 1 N–H and O–H groups in total. The highest BCUT2D eigenvalue weighted by atomic mass is 32.1. The van der Waals surface area contributed by atoms with E-state index in [1.165, 1.54) is 6.92 Å². The fourth-order valence-corrected chi connectivity index (χ4v) is 2.84. The van der Waals surface area contributed by atoms with E-state index in [9.17, 15) is 4.79 Å². The lowest BCUT2D eigenvalue weighted by Gasteiger charge is -2.18. The van der Waals surface area contributed by atoms with Gasteiger partial charge in [-0.05, 0) is 54.9 Å². The topological polar surface area (TPSA) is 41.6 Å². The Morgan fingerprint density at radius 3 is 2.67 bits per heavy atom. The zero-order valence-corrected chi connectivity index (χ0v) is 13.4. The van der Waals surface area contributed by atoms with Crippen LogP contribution in [0, 0.1) is 13.8 Å². The van der Waals surface area contributed by atoms with Gasteiger partial charge in [0.05, 0.1) is 13.1 Å². The summed E-state index contributed by atoms with van der Waals surface area (Å²) in [6, 6.07) is 4.17. The summed E-state index contributed by atoms with van der Waals surface area (Å²) in [5, 5.41) is 3.21. The minimum Gasteiger partial charge on any atom is -0.464 e. The molecule has 0 aliphatic carbocycles. The SMILES string of the molecule is C=Cc1c(C)cc(N2C[C@H](CNC(C)=O)OC2=S)cc1C. The van der Waals surface area contributed by atoms with Crippen LogP contribution in [0.15, 0.2) is 18.7 Å². The number of hydrogen-bond acceptors (Lipinski definition) is 3. The molecule has 5 heteroatoms. The molecular weight excluding hydrogens is 284 g/mol. The highest BCUT2D eigenvalue weighted by Crippen LogP contribution is 2.27. The second-order valence-electron chi connectivity index (χ2n) is 5.25. The van der Waals surface area contributed by atoms with Gasteiger partial charge in [0.1, 0.15) is 6.10 Å². The lowest BCUT2D eigenvalue weighted by atomic mass is 10.0. The van der Waals surface area contributed by atoms with Crippen LogP contribution < -0.4 is 10.2 Å². The molecule has 0 radical (unpaired) electrons. The number of rotatable bonds is 4. The molecule has 0 unspecified atom stereocenters. The molecule has 112 valence electrons. The number of carbonyl (C=O) groups excluding carboxylic acids is 1. The van der Waals surface area contributed by atoms with Crippen molar-refractivity contribution >= 4 is 35.1 Å². The molecule has 4 nitrogen and oxygen atoms in total. The number of benzene rings is 1. The first-order valence-electron chi connectivity index (χ1n) is 6.88. The molecule has 1 fully saturated rings. The Kier molecular flexibility index (Phi) is 4.63. The van der Waals surface area contributed by atoms with Crippen molar-refractivity contribution in [2.24, 2.45) is 0 Å². The summed E-state index contributed by atoms with van der Waals surface area (Å²) in [4.78, 5) is 12.9. The lowest BCUT2D eigenvalue weighted by molar-refractivity contribution is -0.119. The van der Waals surface area contributed by atoms with Crippen molar-refractivity contribution in [3.8, 4) is 0 Å². The maximum absolute atomic E-state index is 11.0. The molecule has 1 saturated heterocycles. The normalized spacial score (nSPS) is 17.6. The predicted octanol–water partition coefficient (Wildman–Crippen LogP) is 2.57. The smallest absolute Gasteiger partial charge is 0.264 e. The van der Waals surface area contributed by atoms with Crippen molar-refractivity contribution in [3.63, 3.8) is 0 Å². The van der Waals surface area contributed by atoms with Crippen molar-refractivity contribution in [2.75, 3.05) is 18.0 Å². The number of hydrogen-bond donors (Lipinski definition) is 1. The summed E-state index contributed by atoms with van der Waals surface area (Å²) in [5.74, 6) is -0.0648. The second kappa shape index (κ2) is 6.26. The van der Waals surface area contributed by atoms with Crippen LogP contribution in [0.5, 0.6) is 0 Å². The van der Waals surface area contributed by atoms with E-state index < -0.39 is 0 Å². The largest absolute Gasteiger partial charge is 0.464 e. The molecule has 1 atom stereocenters. The van der Waals surface area contributed by atoms with Crippen LogP contribution >= 0.6 is 12.2 Å². The third-order valence-electron chi connectivity index (χ3n) is 3.55. The molecule has 21 heavy (non-hydrogen) atoms. The zero-order chi connectivity index (χ0) is 15.6. The van der Waals surface area contributed by atoms with Gasteiger partial charge in [0, 0.05) is 12.6 Å². The molecule has 0 aromatic heterocycles. The Labute approximate surface area is 130 Å². The van der Waals surface area contributed by atoms with Crippen LogP contribution in [-0.2, 0) is 9.53 Å². The van der Waals surface area contributed by atoms with Crippen molar-refractivity contribution in [2.45, 2.75) is 26.9 Å². The van der Waals surface area contributed by atoms with Gasteiger partial charge in [-0.1, -0.05) is 12.7 Å². The lowest BCUT2D eigenvalue weighted by Crippen LogP contribution is -2.33. The first-order chi connectivity index (χ1) is 9.92. The number of anilines is 1. The van der Waals surface area contributed by atoms with Crippen LogP contribution in [-0.4, -0.2) is 30.3 Å². The molecule has 2 rings (SSSR count). The van der Waals surface area contributed by atoms with Gasteiger partial charge in [-0.2, -0.15) is 0 Å². The van der Waals surface area contributed by atoms with Crippen LogP contribution in [0.2, 0.25) is 0 Å². The third-order valence-corrected chi connectivity index (χ3v) is 3.86. The number of aryl methyl sites for hydroxylation is 2. The Balaban J connectivity index is 2.17. The van der Waals surface area contributed by atoms with Gasteiger partial charge >= 0.3 is 0 Å². The Hall–Kier alpha value is -1.88. The van der Waals surface area contributed by atoms with Crippen molar-refractivity contribution < 1.29 is 9.53 Å². The van der Waals surface area contributed by atoms with Crippen LogP contribution in [0.3, 0.4) is 0 Å². The fourth-order valence-electron chi connectivity index (χ4n) is 2.53. The van der Waals surface area contributed by atoms with Crippen LogP contribution in [0.1, 0.15) is 23.6 Å². The zero-order valence-electron chi connectivity index (χ0n) is 12.6. The molecule has 1 amide bonds. The number of nitrogens with zero attached hydrogens (tertiary/aromatic N) is 1.